The van der Waals surface area contributed by atoms with Crippen LogP contribution >= 0.6 is 11.3 Å². The number of nitrogens with one attached hydrogen (secondary N) is 1. The van der Waals surface area contributed by atoms with Gasteiger partial charge in [0.05, 0.1) is 49.6 Å². The summed E-state index contributed by atoms with van der Waals surface area (Å²) in [5, 5.41) is 7.38. The number of thiazole rings is 1. The molecule has 0 unspecified atom stereocenters. The summed E-state index contributed by atoms with van der Waals surface area (Å²) in [4.78, 5) is 21.3. The van der Waals surface area contributed by atoms with Crippen LogP contribution in [0.15, 0.2) is 24.5 Å². The number of rotatable bonds is 7. The number of benzene rings is 1. The summed E-state index contributed by atoms with van der Waals surface area (Å²) >= 11 is 1.39. The molecule has 1 amide bonds. The molecule has 0 aliphatic carbocycles. The minimum atomic E-state index is -0.613. The van der Waals surface area contributed by atoms with Crippen LogP contribution in [0.25, 0.3) is 10.2 Å². The predicted molar refractivity (Wildman–Crippen MR) is 120 cm³/mol. The normalized spacial score (nSPS) is 14.3. The molecule has 0 bridgehead atoms. The number of hydrogen-bond donors (Lipinski definition) is 1. The molecule has 0 saturated carbocycles. The van der Waals surface area contributed by atoms with Crippen LogP contribution in [0.5, 0.6) is 11.5 Å². The van der Waals surface area contributed by atoms with Gasteiger partial charge in [-0.3, -0.25) is 10.00 Å². The highest BCUT2D eigenvalue weighted by Crippen LogP contribution is 2.39. The van der Waals surface area contributed by atoms with Gasteiger partial charge in [0, 0.05) is 19.6 Å². The zero-order valence-corrected chi connectivity index (χ0v) is 18.6. The molecule has 1 aromatic carbocycles. The Kier molecular flexibility index (Phi) is 6.54. The van der Waals surface area contributed by atoms with Gasteiger partial charge in [-0.2, -0.15) is 5.10 Å². The van der Waals surface area contributed by atoms with Gasteiger partial charge in [0.25, 0.3) is 0 Å². The van der Waals surface area contributed by atoms with Gasteiger partial charge >= 0.3 is 6.09 Å². The molecule has 0 atom stereocenters. The van der Waals surface area contributed by atoms with Gasteiger partial charge in [-0.25, -0.2) is 9.78 Å². The Hall–Kier alpha value is -2.89. The zero-order valence-electron chi connectivity index (χ0n) is 17.8. The van der Waals surface area contributed by atoms with Crippen LogP contribution in [0.1, 0.15) is 0 Å². The molecule has 1 aliphatic rings. The summed E-state index contributed by atoms with van der Waals surface area (Å²) in [6.45, 7) is 4.54. The molecule has 0 spiro atoms. The Bertz CT molecular complexity index is 1040. The summed E-state index contributed by atoms with van der Waals surface area (Å²) in [5.41, 5.74) is 1.77. The number of methoxy groups -OCH3 is 1. The highest BCUT2D eigenvalue weighted by molar-refractivity contribution is 7.23. The van der Waals surface area contributed by atoms with Crippen molar-refractivity contribution in [2.24, 2.45) is 0 Å². The van der Waals surface area contributed by atoms with Crippen molar-refractivity contribution >= 4 is 38.5 Å². The Morgan fingerprint density at radius 1 is 1.32 bits per heavy atom. The summed E-state index contributed by atoms with van der Waals surface area (Å²) in [6.07, 6.45) is 2.60. The molecular formula is C20H26N6O4S. The van der Waals surface area contributed by atoms with E-state index in [4.69, 9.17) is 14.2 Å². The van der Waals surface area contributed by atoms with Gasteiger partial charge in [-0.15, -0.1) is 0 Å². The number of carbonyl (C=O) groups excluding carboxylic acids is 1. The van der Waals surface area contributed by atoms with E-state index < -0.39 is 6.09 Å². The number of likely N-dealkylation sites (N-methyl/N-ethyl adjacent to an activating group) is 1. The van der Waals surface area contributed by atoms with Crippen molar-refractivity contribution in [2.45, 2.75) is 6.54 Å². The first-order valence-electron chi connectivity index (χ1n) is 9.99. The molecule has 3 aromatic rings. The maximum atomic E-state index is 12.4. The van der Waals surface area contributed by atoms with Crippen LogP contribution in [-0.2, 0) is 11.3 Å². The van der Waals surface area contributed by atoms with Gasteiger partial charge in [0.15, 0.2) is 10.9 Å². The number of ether oxygens (including phenoxy) is 3. The second-order valence-corrected chi connectivity index (χ2v) is 8.34. The zero-order chi connectivity index (χ0) is 21.8. The van der Waals surface area contributed by atoms with Crippen molar-refractivity contribution in [3.05, 3.63) is 24.5 Å². The average molecular weight is 447 g/mol. The van der Waals surface area contributed by atoms with Crippen molar-refractivity contribution in [2.75, 3.05) is 64.3 Å². The van der Waals surface area contributed by atoms with Gasteiger partial charge in [-0.05, 0) is 26.2 Å². The highest BCUT2D eigenvalue weighted by atomic mass is 32.1. The topological polar surface area (TPSA) is 94.0 Å². The first-order chi connectivity index (χ1) is 15.0. The van der Waals surface area contributed by atoms with E-state index in [2.05, 4.69) is 25.2 Å². The third kappa shape index (κ3) is 5.06. The molecule has 2 aromatic heterocycles. The van der Waals surface area contributed by atoms with Crippen molar-refractivity contribution in [1.29, 1.82) is 0 Å². The van der Waals surface area contributed by atoms with E-state index in [-0.39, 0.29) is 0 Å². The van der Waals surface area contributed by atoms with E-state index in [1.54, 1.807) is 18.0 Å². The predicted octanol–water partition coefficient (Wildman–Crippen LogP) is 2.51. The molecule has 0 radical (unpaired) electrons. The fourth-order valence-corrected chi connectivity index (χ4v) is 4.29. The van der Waals surface area contributed by atoms with E-state index in [0.717, 1.165) is 30.0 Å². The second kappa shape index (κ2) is 9.50. The molecule has 3 heterocycles. The van der Waals surface area contributed by atoms with E-state index in [9.17, 15) is 4.79 Å². The Labute approximate surface area is 184 Å². The number of hydrogen-bond acceptors (Lipinski definition) is 9. The quantitative estimate of drug-likeness (QED) is 0.592. The number of amides is 1. The van der Waals surface area contributed by atoms with E-state index in [0.29, 0.717) is 41.9 Å². The number of nitrogens with zero attached hydrogens (tertiary/aromatic N) is 5. The second-order valence-electron chi connectivity index (χ2n) is 7.34. The molecule has 10 nitrogen and oxygen atoms in total. The molecule has 1 saturated heterocycles. The van der Waals surface area contributed by atoms with Gasteiger partial charge < -0.3 is 24.0 Å². The maximum Gasteiger partial charge on any atom is 0.419 e. The molecule has 31 heavy (non-hydrogen) atoms. The Morgan fingerprint density at radius 3 is 2.87 bits per heavy atom. The largest absolute Gasteiger partial charge is 0.494 e. The van der Waals surface area contributed by atoms with Gasteiger partial charge in [0.2, 0.25) is 0 Å². The third-order valence-corrected chi connectivity index (χ3v) is 5.86. The van der Waals surface area contributed by atoms with Gasteiger partial charge in [-0.1, -0.05) is 11.3 Å². The van der Waals surface area contributed by atoms with Crippen molar-refractivity contribution < 1.29 is 19.0 Å². The standard InChI is InChI=1S/C20H26N6O4S/c1-24(2)6-7-26-13-14(12-21-26)30-20(27)23-19-22-17-16(28-3)5-4-15(18(17)31-19)25-8-10-29-11-9-25/h4-5,12-13H,6-11H2,1-3H3,(H,22,23,27). The van der Waals surface area contributed by atoms with Crippen LogP contribution in [0.4, 0.5) is 15.6 Å². The summed E-state index contributed by atoms with van der Waals surface area (Å²) in [7, 11) is 5.59. The lowest BCUT2D eigenvalue weighted by molar-refractivity contribution is 0.123. The summed E-state index contributed by atoms with van der Waals surface area (Å²) in [6, 6.07) is 3.92. The van der Waals surface area contributed by atoms with Crippen molar-refractivity contribution in [3.63, 3.8) is 0 Å². The molecule has 11 heteroatoms. The van der Waals surface area contributed by atoms with E-state index in [1.807, 2.05) is 26.2 Å². The highest BCUT2D eigenvalue weighted by Gasteiger charge is 2.20. The molecule has 1 aliphatic heterocycles. The SMILES string of the molecule is COc1ccc(N2CCOCC2)c2sc(NC(=O)Oc3cnn(CCN(C)C)c3)nc12. The summed E-state index contributed by atoms with van der Waals surface area (Å²) < 4.78 is 19.0. The minimum Gasteiger partial charge on any atom is -0.494 e. The van der Waals surface area contributed by atoms with Crippen molar-refractivity contribution in [3.8, 4) is 11.5 Å². The molecule has 1 N–H and O–H groups in total. The third-order valence-electron chi connectivity index (χ3n) is 4.86. The first-order valence-corrected chi connectivity index (χ1v) is 10.8. The van der Waals surface area contributed by atoms with Crippen LogP contribution < -0.4 is 19.7 Å². The van der Waals surface area contributed by atoms with Crippen LogP contribution in [0, 0.1) is 0 Å². The van der Waals surface area contributed by atoms with Gasteiger partial charge in [0.1, 0.15) is 11.3 Å². The average Bonchev–Trinajstić information content (AvgIpc) is 3.38. The fourth-order valence-electron chi connectivity index (χ4n) is 3.28. The number of fused-ring (bicyclic) bond motifs is 1. The number of anilines is 2. The van der Waals surface area contributed by atoms with Crippen LogP contribution in [0.2, 0.25) is 0 Å². The molecular weight excluding hydrogens is 420 g/mol. The lowest BCUT2D eigenvalue weighted by Crippen LogP contribution is -2.36. The van der Waals surface area contributed by atoms with E-state index >= 15 is 0 Å². The van der Waals surface area contributed by atoms with Crippen LogP contribution in [-0.4, -0.2) is 79.8 Å². The fraction of sp³-hybridized carbons (Fsp3) is 0.450. The monoisotopic (exact) mass is 446 g/mol. The summed E-state index contributed by atoms with van der Waals surface area (Å²) in [5.74, 6) is 1.04. The molecule has 166 valence electrons. The Balaban J connectivity index is 1.48. The Morgan fingerprint density at radius 2 is 2.13 bits per heavy atom. The lowest BCUT2D eigenvalue weighted by Gasteiger charge is -2.29. The minimum absolute atomic E-state index is 0.379. The smallest absolute Gasteiger partial charge is 0.419 e. The maximum absolute atomic E-state index is 12.4. The molecule has 4 rings (SSSR count). The number of aromatic nitrogens is 3. The van der Waals surface area contributed by atoms with Crippen LogP contribution in [0.3, 0.4) is 0 Å². The van der Waals surface area contributed by atoms with Crippen molar-refractivity contribution in [1.82, 2.24) is 19.7 Å². The number of morpholine rings is 1. The first kappa shape index (κ1) is 21.3. The lowest BCUT2D eigenvalue weighted by atomic mass is 10.2. The van der Waals surface area contributed by atoms with E-state index in [1.165, 1.54) is 17.5 Å². The number of carbonyl (C=O) groups is 1. The molecule has 1 fully saturated rings.